The second kappa shape index (κ2) is 6.16. The fourth-order valence-corrected chi connectivity index (χ4v) is 1.47. The third-order valence-electron chi connectivity index (χ3n) is 2.32. The first-order valence-electron chi connectivity index (χ1n) is 5.46. The minimum atomic E-state index is -0.357. The Morgan fingerprint density at radius 3 is 2.75 bits per heavy atom. The average molecular weight is 222 g/mol. The molecule has 0 radical (unpaired) electrons. The van der Waals surface area contributed by atoms with Gasteiger partial charge in [-0.25, -0.2) is 4.79 Å². The van der Waals surface area contributed by atoms with Crippen LogP contribution in [0.25, 0.3) is 0 Å². The number of benzene rings is 1. The Morgan fingerprint density at radius 1 is 1.38 bits per heavy atom. The van der Waals surface area contributed by atoms with Crippen LogP contribution in [-0.2, 0) is 16.0 Å². The van der Waals surface area contributed by atoms with Crippen LogP contribution in [0.3, 0.4) is 0 Å². The van der Waals surface area contributed by atoms with Gasteiger partial charge in [-0.3, -0.25) is 0 Å². The maximum atomic E-state index is 11.0. The number of aryl methyl sites for hydroxylation is 2. The van der Waals surface area contributed by atoms with Crippen LogP contribution in [0.4, 0.5) is 0 Å². The standard InChI is InChI=1S/C13H18O3/c1-4-5-11-7-6-10(2)8-12(11)16-9-13(14)15-3/h6-8H,4-5,9H2,1-3H3. The van der Waals surface area contributed by atoms with Crippen molar-refractivity contribution in [3.05, 3.63) is 29.3 Å². The summed E-state index contributed by atoms with van der Waals surface area (Å²) in [6, 6.07) is 6.05. The van der Waals surface area contributed by atoms with Crippen LogP contribution < -0.4 is 4.74 Å². The van der Waals surface area contributed by atoms with Gasteiger partial charge in [-0.1, -0.05) is 25.5 Å². The van der Waals surface area contributed by atoms with E-state index in [1.165, 1.54) is 7.11 Å². The van der Waals surface area contributed by atoms with Crippen LogP contribution in [0.15, 0.2) is 18.2 Å². The van der Waals surface area contributed by atoms with Crippen molar-refractivity contribution in [1.82, 2.24) is 0 Å². The normalized spacial score (nSPS) is 9.94. The van der Waals surface area contributed by atoms with E-state index in [2.05, 4.69) is 17.7 Å². The molecule has 0 bridgehead atoms. The lowest BCUT2D eigenvalue weighted by atomic mass is 10.1. The molecule has 88 valence electrons. The second-order valence-electron chi connectivity index (χ2n) is 3.73. The van der Waals surface area contributed by atoms with Crippen molar-refractivity contribution < 1.29 is 14.3 Å². The van der Waals surface area contributed by atoms with Crippen LogP contribution in [-0.4, -0.2) is 19.7 Å². The molecule has 0 aromatic heterocycles. The number of rotatable bonds is 5. The number of methoxy groups -OCH3 is 1. The molecule has 0 unspecified atom stereocenters. The smallest absolute Gasteiger partial charge is 0.343 e. The number of esters is 1. The van der Waals surface area contributed by atoms with Gasteiger partial charge in [-0.15, -0.1) is 0 Å². The molecule has 16 heavy (non-hydrogen) atoms. The second-order valence-corrected chi connectivity index (χ2v) is 3.73. The first kappa shape index (κ1) is 12.6. The number of carbonyl (C=O) groups is 1. The van der Waals surface area contributed by atoms with Crippen molar-refractivity contribution >= 4 is 5.97 Å². The van der Waals surface area contributed by atoms with Crippen molar-refractivity contribution in [2.75, 3.05) is 13.7 Å². The molecule has 0 spiro atoms. The van der Waals surface area contributed by atoms with Gasteiger partial charge in [0.2, 0.25) is 0 Å². The van der Waals surface area contributed by atoms with E-state index in [0.29, 0.717) is 0 Å². The van der Waals surface area contributed by atoms with E-state index in [1.54, 1.807) is 0 Å². The van der Waals surface area contributed by atoms with Gasteiger partial charge < -0.3 is 9.47 Å². The lowest BCUT2D eigenvalue weighted by Crippen LogP contribution is -2.13. The maximum absolute atomic E-state index is 11.0. The largest absolute Gasteiger partial charge is 0.482 e. The summed E-state index contributed by atoms with van der Waals surface area (Å²) in [7, 11) is 1.36. The number of ether oxygens (including phenoxy) is 2. The molecule has 0 aliphatic rings. The summed E-state index contributed by atoms with van der Waals surface area (Å²) in [4.78, 5) is 11.0. The fourth-order valence-electron chi connectivity index (χ4n) is 1.47. The third kappa shape index (κ3) is 3.57. The molecule has 1 aromatic rings. The Labute approximate surface area is 96.4 Å². The van der Waals surface area contributed by atoms with Gasteiger partial charge in [0.25, 0.3) is 0 Å². The quantitative estimate of drug-likeness (QED) is 0.718. The Balaban J connectivity index is 2.75. The zero-order valence-electron chi connectivity index (χ0n) is 10.1. The van der Waals surface area contributed by atoms with E-state index in [4.69, 9.17) is 4.74 Å². The fraction of sp³-hybridized carbons (Fsp3) is 0.462. The summed E-state index contributed by atoms with van der Waals surface area (Å²) in [6.45, 7) is 4.08. The minimum absolute atomic E-state index is 0.0311. The monoisotopic (exact) mass is 222 g/mol. The van der Waals surface area contributed by atoms with Gasteiger partial charge in [0, 0.05) is 0 Å². The highest BCUT2D eigenvalue weighted by Crippen LogP contribution is 2.21. The molecule has 0 saturated carbocycles. The van der Waals surface area contributed by atoms with Gasteiger partial charge in [0.1, 0.15) is 5.75 Å². The maximum Gasteiger partial charge on any atom is 0.343 e. The SMILES string of the molecule is CCCc1ccc(C)cc1OCC(=O)OC. The van der Waals surface area contributed by atoms with Gasteiger partial charge in [0.15, 0.2) is 6.61 Å². The molecular weight excluding hydrogens is 204 g/mol. The van der Waals surface area contributed by atoms with Crippen LogP contribution in [0.1, 0.15) is 24.5 Å². The highest BCUT2D eigenvalue weighted by atomic mass is 16.6. The highest BCUT2D eigenvalue weighted by molar-refractivity contribution is 5.70. The van der Waals surface area contributed by atoms with Crippen LogP contribution in [0, 0.1) is 6.92 Å². The first-order chi connectivity index (χ1) is 7.67. The summed E-state index contributed by atoms with van der Waals surface area (Å²) in [5.74, 6) is 0.427. The van der Waals surface area contributed by atoms with Gasteiger partial charge in [-0.05, 0) is 30.5 Å². The summed E-state index contributed by atoms with van der Waals surface area (Å²) in [5.41, 5.74) is 2.26. The molecule has 0 fully saturated rings. The van der Waals surface area contributed by atoms with Crippen LogP contribution >= 0.6 is 0 Å². The zero-order valence-corrected chi connectivity index (χ0v) is 10.1. The predicted octanol–water partition coefficient (Wildman–Crippen LogP) is 2.50. The highest BCUT2D eigenvalue weighted by Gasteiger charge is 2.06. The molecule has 3 heteroatoms. The molecule has 0 N–H and O–H groups in total. The number of hydrogen-bond acceptors (Lipinski definition) is 3. The molecule has 0 atom stereocenters. The molecule has 0 aliphatic heterocycles. The van der Waals surface area contributed by atoms with Crippen LogP contribution in [0.2, 0.25) is 0 Å². The molecule has 1 rings (SSSR count). The number of carbonyl (C=O) groups excluding carboxylic acids is 1. The molecule has 0 heterocycles. The van der Waals surface area contributed by atoms with E-state index >= 15 is 0 Å². The van der Waals surface area contributed by atoms with Crippen LogP contribution in [0.5, 0.6) is 5.75 Å². The van der Waals surface area contributed by atoms with E-state index in [1.807, 2.05) is 19.1 Å². The Kier molecular flexibility index (Phi) is 4.83. The lowest BCUT2D eigenvalue weighted by molar-refractivity contribution is -0.142. The van der Waals surface area contributed by atoms with Crippen molar-refractivity contribution in [3.63, 3.8) is 0 Å². The van der Waals surface area contributed by atoms with Crippen molar-refractivity contribution in [3.8, 4) is 5.75 Å². The lowest BCUT2D eigenvalue weighted by Gasteiger charge is -2.10. The Hall–Kier alpha value is -1.51. The molecule has 0 aliphatic carbocycles. The van der Waals surface area contributed by atoms with E-state index < -0.39 is 0 Å². The van der Waals surface area contributed by atoms with E-state index in [9.17, 15) is 4.79 Å². The Bertz CT molecular complexity index is 358. The summed E-state index contributed by atoms with van der Waals surface area (Å²) in [6.07, 6.45) is 2.01. The first-order valence-corrected chi connectivity index (χ1v) is 5.46. The van der Waals surface area contributed by atoms with Crippen molar-refractivity contribution in [1.29, 1.82) is 0 Å². The van der Waals surface area contributed by atoms with Gasteiger partial charge in [0.05, 0.1) is 7.11 Å². The van der Waals surface area contributed by atoms with Gasteiger partial charge in [-0.2, -0.15) is 0 Å². The Morgan fingerprint density at radius 2 is 2.12 bits per heavy atom. The van der Waals surface area contributed by atoms with Crippen molar-refractivity contribution in [2.24, 2.45) is 0 Å². The summed E-state index contributed by atoms with van der Waals surface area (Å²) in [5, 5.41) is 0. The summed E-state index contributed by atoms with van der Waals surface area (Å²) >= 11 is 0. The molecule has 0 amide bonds. The summed E-state index contributed by atoms with van der Waals surface area (Å²) < 4.78 is 9.99. The van der Waals surface area contributed by atoms with E-state index in [-0.39, 0.29) is 12.6 Å². The molecule has 0 saturated heterocycles. The topological polar surface area (TPSA) is 35.5 Å². The number of hydrogen-bond donors (Lipinski definition) is 0. The molecule has 3 nitrogen and oxygen atoms in total. The predicted molar refractivity (Wildman–Crippen MR) is 62.7 cm³/mol. The average Bonchev–Trinajstić information content (AvgIpc) is 2.29. The zero-order chi connectivity index (χ0) is 12.0. The minimum Gasteiger partial charge on any atom is -0.482 e. The third-order valence-corrected chi connectivity index (χ3v) is 2.32. The van der Waals surface area contributed by atoms with Gasteiger partial charge >= 0.3 is 5.97 Å². The molecule has 1 aromatic carbocycles. The van der Waals surface area contributed by atoms with Crippen molar-refractivity contribution in [2.45, 2.75) is 26.7 Å². The van der Waals surface area contributed by atoms with E-state index in [0.717, 1.165) is 29.7 Å². The molecular formula is C13H18O3.